The molecular weight excluding hydrogens is 332 g/mol. The van der Waals surface area contributed by atoms with Crippen LogP contribution >= 0.6 is 27.3 Å². The van der Waals surface area contributed by atoms with Crippen LogP contribution in [0.25, 0.3) is 0 Å². The van der Waals surface area contributed by atoms with Gasteiger partial charge in [0.15, 0.2) is 0 Å². The van der Waals surface area contributed by atoms with Gasteiger partial charge in [-0.05, 0) is 51.6 Å². The first kappa shape index (κ1) is 15.5. The highest BCUT2D eigenvalue weighted by molar-refractivity contribution is 9.10. The van der Waals surface area contributed by atoms with E-state index in [2.05, 4.69) is 82.9 Å². The SMILES string of the molecule is CCNC(Cc1sccc1Br)c1ccc(N(C)C)cc1. The van der Waals surface area contributed by atoms with Crippen molar-refractivity contribution in [2.45, 2.75) is 19.4 Å². The van der Waals surface area contributed by atoms with Gasteiger partial charge in [-0.1, -0.05) is 19.1 Å². The number of hydrogen-bond donors (Lipinski definition) is 1. The second-order valence-electron chi connectivity index (χ2n) is 4.99. The molecule has 0 aliphatic heterocycles. The second kappa shape index (κ2) is 7.25. The standard InChI is InChI=1S/C16H21BrN2S/c1-4-18-15(11-16-14(17)9-10-20-16)12-5-7-13(8-6-12)19(2)3/h5-10,15,18H,4,11H2,1-3H3. The fourth-order valence-corrected chi connectivity index (χ4v) is 3.78. The second-order valence-corrected chi connectivity index (χ2v) is 6.85. The van der Waals surface area contributed by atoms with Crippen LogP contribution in [0.5, 0.6) is 0 Å². The Labute approximate surface area is 133 Å². The highest BCUT2D eigenvalue weighted by atomic mass is 79.9. The Kier molecular flexibility index (Phi) is 5.64. The summed E-state index contributed by atoms with van der Waals surface area (Å²) < 4.78 is 1.22. The molecule has 0 amide bonds. The third kappa shape index (κ3) is 3.84. The van der Waals surface area contributed by atoms with E-state index in [1.54, 1.807) is 0 Å². The molecule has 2 aromatic rings. The van der Waals surface area contributed by atoms with Crippen LogP contribution in [-0.2, 0) is 6.42 Å². The maximum atomic E-state index is 3.63. The van der Waals surface area contributed by atoms with Gasteiger partial charge in [0.05, 0.1) is 0 Å². The molecule has 1 N–H and O–H groups in total. The van der Waals surface area contributed by atoms with Crippen LogP contribution in [0, 0.1) is 0 Å². The molecule has 2 nitrogen and oxygen atoms in total. The van der Waals surface area contributed by atoms with Crippen LogP contribution in [0.3, 0.4) is 0 Å². The summed E-state index contributed by atoms with van der Waals surface area (Å²) in [7, 11) is 4.14. The number of benzene rings is 1. The predicted octanol–water partition coefficient (Wildman–Crippen LogP) is 4.47. The minimum absolute atomic E-state index is 0.367. The Balaban J connectivity index is 2.17. The summed E-state index contributed by atoms with van der Waals surface area (Å²) >= 11 is 5.44. The molecule has 1 unspecified atom stereocenters. The zero-order valence-electron chi connectivity index (χ0n) is 12.2. The zero-order chi connectivity index (χ0) is 14.5. The molecule has 1 aromatic carbocycles. The minimum Gasteiger partial charge on any atom is -0.378 e. The molecule has 108 valence electrons. The van der Waals surface area contributed by atoms with Crippen LogP contribution in [0.2, 0.25) is 0 Å². The lowest BCUT2D eigenvalue weighted by atomic mass is 10.0. The van der Waals surface area contributed by atoms with Gasteiger partial charge in [-0.3, -0.25) is 0 Å². The zero-order valence-corrected chi connectivity index (χ0v) is 14.6. The quantitative estimate of drug-likeness (QED) is 0.824. The molecule has 1 heterocycles. The van der Waals surface area contributed by atoms with E-state index in [9.17, 15) is 0 Å². The summed E-state index contributed by atoms with van der Waals surface area (Å²) in [6.07, 6.45) is 1.02. The van der Waals surface area contributed by atoms with Gasteiger partial charge in [-0.2, -0.15) is 0 Å². The lowest BCUT2D eigenvalue weighted by Crippen LogP contribution is -2.22. The first-order chi connectivity index (χ1) is 9.61. The molecule has 2 rings (SSSR count). The van der Waals surface area contributed by atoms with Crippen molar-refractivity contribution in [3.05, 3.63) is 50.6 Å². The van der Waals surface area contributed by atoms with Crippen LogP contribution < -0.4 is 10.2 Å². The van der Waals surface area contributed by atoms with E-state index in [0.717, 1.165) is 13.0 Å². The summed E-state index contributed by atoms with van der Waals surface area (Å²) in [4.78, 5) is 3.52. The number of likely N-dealkylation sites (N-methyl/N-ethyl adjacent to an activating group) is 1. The molecule has 0 spiro atoms. The number of hydrogen-bond acceptors (Lipinski definition) is 3. The third-order valence-electron chi connectivity index (χ3n) is 3.34. The van der Waals surface area contributed by atoms with Gasteiger partial charge in [0.25, 0.3) is 0 Å². The van der Waals surface area contributed by atoms with Crippen molar-refractivity contribution in [3.8, 4) is 0 Å². The van der Waals surface area contributed by atoms with E-state index in [-0.39, 0.29) is 0 Å². The van der Waals surface area contributed by atoms with E-state index in [4.69, 9.17) is 0 Å². The lowest BCUT2D eigenvalue weighted by molar-refractivity contribution is 0.552. The van der Waals surface area contributed by atoms with E-state index in [1.807, 2.05) is 11.3 Å². The van der Waals surface area contributed by atoms with Gasteiger partial charge < -0.3 is 10.2 Å². The van der Waals surface area contributed by atoms with E-state index in [1.165, 1.54) is 20.6 Å². The van der Waals surface area contributed by atoms with Crippen molar-refractivity contribution >= 4 is 33.0 Å². The van der Waals surface area contributed by atoms with Gasteiger partial charge in [-0.15, -0.1) is 11.3 Å². The fraction of sp³-hybridized carbons (Fsp3) is 0.375. The van der Waals surface area contributed by atoms with Gasteiger partial charge in [-0.25, -0.2) is 0 Å². The molecular formula is C16H21BrN2S. The summed E-state index contributed by atoms with van der Waals surface area (Å²) in [5.41, 5.74) is 2.58. The summed E-state index contributed by atoms with van der Waals surface area (Å²) in [6, 6.07) is 11.3. The molecule has 0 saturated carbocycles. The first-order valence-corrected chi connectivity index (χ1v) is 8.51. The number of thiophene rings is 1. The molecule has 0 radical (unpaired) electrons. The molecule has 0 fully saturated rings. The number of nitrogens with zero attached hydrogens (tertiary/aromatic N) is 1. The lowest BCUT2D eigenvalue weighted by Gasteiger charge is -2.20. The summed E-state index contributed by atoms with van der Waals surface area (Å²) in [5.74, 6) is 0. The van der Waals surface area contributed by atoms with Crippen molar-refractivity contribution in [1.82, 2.24) is 5.32 Å². The third-order valence-corrected chi connectivity index (χ3v) is 5.29. The Morgan fingerprint density at radius 2 is 1.90 bits per heavy atom. The van der Waals surface area contributed by atoms with Crippen LogP contribution in [0.1, 0.15) is 23.4 Å². The molecule has 20 heavy (non-hydrogen) atoms. The number of halogens is 1. The highest BCUT2D eigenvalue weighted by Gasteiger charge is 2.14. The minimum atomic E-state index is 0.367. The smallest absolute Gasteiger partial charge is 0.0369 e. The molecule has 4 heteroatoms. The van der Waals surface area contributed by atoms with Crippen molar-refractivity contribution < 1.29 is 0 Å². The van der Waals surface area contributed by atoms with Gasteiger partial charge in [0.1, 0.15) is 0 Å². The molecule has 1 atom stereocenters. The van der Waals surface area contributed by atoms with Gasteiger partial charge in [0.2, 0.25) is 0 Å². The molecule has 0 saturated heterocycles. The normalized spacial score (nSPS) is 12.4. The maximum absolute atomic E-state index is 3.63. The summed E-state index contributed by atoms with van der Waals surface area (Å²) in [5, 5.41) is 5.72. The van der Waals surface area contributed by atoms with Crippen LogP contribution in [0.15, 0.2) is 40.2 Å². The van der Waals surface area contributed by atoms with Crippen molar-refractivity contribution in [2.75, 3.05) is 25.5 Å². The Hall–Kier alpha value is -0.840. The van der Waals surface area contributed by atoms with E-state index in [0.29, 0.717) is 6.04 Å². The number of rotatable bonds is 6. The Bertz CT molecular complexity index is 534. The van der Waals surface area contributed by atoms with Crippen LogP contribution in [0.4, 0.5) is 5.69 Å². The molecule has 1 aromatic heterocycles. The largest absolute Gasteiger partial charge is 0.378 e. The van der Waals surface area contributed by atoms with Crippen molar-refractivity contribution in [2.24, 2.45) is 0 Å². The molecule has 0 bridgehead atoms. The predicted molar refractivity (Wildman–Crippen MR) is 92.9 cm³/mol. The average Bonchev–Trinajstić information content (AvgIpc) is 2.84. The highest BCUT2D eigenvalue weighted by Crippen LogP contribution is 2.29. The van der Waals surface area contributed by atoms with Gasteiger partial charge >= 0.3 is 0 Å². The molecule has 0 aliphatic carbocycles. The first-order valence-electron chi connectivity index (χ1n) is 6.84. The average molecular weight is 353 g/mol. The summed E-state index contributed by atoms with van der Waals surface area (Å²) in [6.45, 7) is 3.13. The van der Waals surface area contributed by atoms with Crippen LogP contribution in [-0.4, -0.2) is 20.6 Å². The van der Waals surface area contributed by atoms with Crippen molar-refractivity contribution in [3.63, 3.8) is 0 Å². The van der Waals surface area contributed by atoms with E-state index < -0.39 is 0 Å². The Morgan fingerprint density at radius 1 is 1.20 bits per heavy atom. The Morgan fingerprint density at radius 3 is 2.40 bits per heavy atom. The van der Waals surface area contributed by atoms with Crippen molar-refractivity contribution in [1.29, 1.82) is 0 Å². The van der Waals surface area contributed by atoms with Gasteiger partial charge in [0, 0.05) is 41.6 Å². The van der Waals surface area contributed by atoms with E-state index >= 15 is 0 Å². The number of anilines is 1. The monoisotopic (exact) mass is 352 g/mol. The number of nitrogens with one attached hydrogen (secondary N) is 1. The molecule has 0 aliphatic rings. The topological polar surface area (TPSA) is 15.3 Å². The maximum Gasteiger partial charge on any atom is 0.0369 e. The fourth-order valence-electron chi connectivity index (χ4n) is 2.22.